The smallest absolute Gasteiger partial charge is 0.0233 e. The molecule has 0 saturated heterocycles. The second-order valence-electron chi connectivity index (χ2n) is 7.00. The van der Waals surface area contributed by atoms with Crippen molar-refractivity contribution in [2.75, 3.05) is 0 Å². The first-order valence-electron chi connectivity index (χ1n) is 9.06. The molecular weight excluding hydrogens is 228 g/mol. The van der Waals surface area contributed by atoms with Gasteiger partial charge in [0, 0.05) is 0 Å². The van der Waals surface area contributed by atoms with E-state index in [1.165, 1.54) is 70.6 Å². The van der Waals surface area contributed by atoms with Gasteiger partial charge in [-0.25, -0.2) is 0 Å². The van der Waals surface area contributed by atoms with Crippen LogP contribution in [-0.4, -0.2) is 0 Å². The molecule has 0 bridgehead atoms. The van der Waals surface area contributed by atoms with Crippen molar-refractivity contribution in [2.24, 2.45) is 17.8 Å². The summed E-state index contributed by atoms with van der Waals surface area (Å²) in [6.45, 7) is 2.29. The third kappa shape index (κ3) is 5.32. The summed E-state index contributed by atoms with van der Waals surface area (Å²) >= 11 is 0. The van der Waals surface area contributed by atoms with E-state index in [0.717, 1.165) is 17.8 Å². The molecule has 0 aliphatic heterocycles. The van der Waals surface area contributed by atoms with E-state index in [1.54, 1.807) is 12.8 Å². The van der Waals surface area contributed by atoms with Crippen LogP contribution in [0, 0.1) is 17.8 Å². The maximum atomic E-state index is 2.55. The van der Waals surface area contributed by atoms with E-state index < -0.39 is 0 Å². The van der Waals surface area contributed by atoms with Gasteiger partial charge in [-0.15, -0.1) is 0 Å². The maximum Gasteiger partial charge on any atom is -0.0233 e. The van der Waals surface area contributed by atoms with Crippen molar-refractivity contribution in [3.63, 3.8) is 0 Å². The molecule has 0 heterocycles. The van der Waals surface area contributed by atoms with Gasteiger partial charge in [0.05, 0.1) is 0 Å². The molecule has 2 aliphatic carbocycles. The fraction of sp³-hybridized carbons (Fsp3) is 0.895. The van der Waals surface area contributed by atoms with Crippen molar-refractivity contribution in [3.8, 4) is 0 Å². The Balaban J connectivity index is 1.61. The van der Waals surface area contributed by atoms with Gasteiger partial charge in [0.25, 0.3) is 0 Å². The standard InChI is InChI=1S/C19H34/c1-2-3-4-5-7-10-17-13-15-19(16-14-17)18-11-8-6-9-12-18/h7,10,17-19H,2-6,8-9,11-16H2,1H3/b10-7+. The predicted molar refractivity (Wildman–Crippen MR) is 85.3 cm³/mol. The van der Waals surface area contributed by atoms with E-state index in [0.29, 0.717) is 0 Å². The molecule has 0 aromatic heterocycles. The van der Waals surface area contributed by atoms with Crippen molar-refractivity contribution in [1.82, 2.24) is 0 Å². The first-order valence-corrected chi connectivity index (χ1v) is 9.06. The topological polar surface area (TPSA) is 0 Å². The summed E-state index contributed by atoms with van der Waals surface area (Å²) in [5, 5.41) is 0. The van der Waals surface area contributed by atoms with E-state index in [2.05, 4.69) is 19.1 Å². The summed E-state index contributed by atoms with van der Waals surface area (Å²) in [5.74, 6) is 3.11. The molecule has 0 spiro atoms. The molecule has 2 fully saturated rings. The number of rotatable bonds is 6. The molecule has 0 aromatic carbocycles. The van der Waals surface area contributed by atoms with Crippen LogP contribution in [0.1, 0.15) is 90.4 Å². The van der Waals surface area contributed by atoms with Crippen LogP contribution in [0.25, 0.3) is 0 Å². The van der Waals surface area contributed by atoms with Crippen molar-refractivity contribution >= 4 is 0 Å². The van der Waals surface area contributed by atoms with Gasteiger partial charge in [-0.3, -0.25) is 0 Å². The zero-order valence-corrected chi connectivity index (χ0v) is 13.1. The highest BCUT2D eigenvalue weighted by Gasteiger charge is 2.27. The van der Waals surface area contributed by atoms with Gasteiger partial charge in [0.2, 0.25) is 0 Å². The van der Waals surface area contributed by atoms with E-state index in [-0.39, 0.29) is 0 Å². The molecule has 0 nitrogen and oxygen atoms in total. The van der Waals surface area contributed by atoms with Gasteiger partial charge in [-0.1, -0.05) is 64.0 Å². The zero-order valence-electron chi connectivity index (χ0n) is 13.1. The summed E-state index contributed by atoms with van der Waals surface area (Å²) in [6.07, 6.45) is 24.1. The molecule has 0 N–H and O–H groups in total. The Morgan fingerprint density at radius 2 is 1.47 bits per heavy atom. The maximum absolute atomic E-state index is 2.55. The van der Waals surface area contributed by atoms with Gasteiger partial charge in [0.1, 0.15) is 0 Å². The van der Waals surface area contributed by atoms with Crippen molar-refractivity contribution < 1.29 is 0 Å². The molecular formula is C19H34. The zero-order chi connectivity index (χ0) is 13.3. The van der Waals surface area contributed by atoms with Crippen LogP contribution >= 0.6 is 0 Å². The molecule has 0 radical (unpaired) electrons. The average molecular weight is 262 g/mol. The summed E-state index contributed by atoms with van der Waals surface area (Å²) < 4.78 is 0. The van der Waals surface area contributed by atoms with E-state index in [4.69, 9.17) is 0 Å². The van der Waals surface area contributed by atoms with Crippen molar-refractivity contribution in [1.29, 1.82) is 0 Å². The lowest BCUT2D eigenvalue weighted by molar-refractivity contribution is 0.180. The molecule has 0 aromatic rings. The van der Waals surface area contributed by atoms with E-state index in [1.807, 2.05) is 0 Å². The number of allylic oxidation sites excluding steroid dienone is 2. The molecule has 19 heavy (non-hydrogen) atoms. The lowest BCUT2D eigenvalue weighted by Crippen LogP contribution is -2.23. The second kappa shape index (κ2) is 8.82. The Morgan fingerprint density at radius 1 is 0.789 bits per heavy atom. The van der Waals surface area contributed by atoms with Crippen LogP contribution in [0.2, 0.25) is 0 Å². The third-order valence-corrected chi connectivity index (χ3v) is 5.52. The Morgan fingerprint density at radius 3 is 2.16 bits per heavy atom. The summed E-state index contributed by atoms with van der Waals surface area (Å²) in [4.78, 5) is 0. The van der Waals surface area contributed by atoms with Crippen LogP contribution < -0.4 is 0 Å². The van der Waals surface area contributed by atoms with Crippen LogP contribution in [0.4, 0.5) is 0 Å². The molecule has 2 aliphatic rings. The fourth-order valence-corrected chi connectivity index (χ4v) is 4.22. The molecule has 0 amide bonds. The Labute approximate surface area is 121 Å². The van der Waals surface area contributed by atoms with Gasteiger partial charge in [0.15, 0.2) is 0 Å². The van der Waals surface area contributed by atoms with Gasteiger partial charge in [-0.05, 0) is 56.3 Å². The second-order valence-corrected chi connectivity index (χ2v) is 7.00. The minimum Gasteiger partial charge on any atom is -0.0883 e. The fourth-order valence-electron chi connectivity index (χ4n) is 4.22. The Hall–Kier alpha value is -0.260. The molecule has 2 saturated carbocycles. The predicted octanol–water partition coefficient (Wildman–Crippen LogP) is 6.51. The van der Waals surface area contributed by atoms with Gasteiger partial charge >= 0.3 is 0 Å². The average Bonchev–Trinajstić information content (AvgIpc) is 2.49. The van der Waals surface area contributed by atoms with Gasteiger partial charge < -0.3 is 0 Å². The largest absolute Gasteiger partial charge is 0.0883 e. The normalized spacial score (nSPS) is 29.9. The Bertz CT molecular complexity index is 239. The number of hydrogen-bond donors (Lipinski definition) is 0. The molecule has 0 heteroatoms. The van der Waals surface area contributed by atoms with Crippen LogP contribution in [-0.2, 0) is 0 Å². The lowest BCUT2D eigenvalue weighted by atomic mass is 9.71. The van der Waals surface area contributed by atoms with Crippen molar-refractivity contribution in [3.05, 3.63) is 12.2 Å². The SMILES string of the molecule is CCCCC/C=C/C1CCC(C2CCCCC2)CC1. The number of hydrogen-bond acceptors (Lipinski definition) is 0. The summed E-state index contributed by atoms with van der Waals surface area (Å²) in [6, 6.07) is 0. The van der Waals surface area contributed by atoms with Crippen LogP contribution in [0.5, 0.6) is 0 Å². The monoisotopic (exact) mass is 262 g/mol. The van der Waals surface area contributed by atoms with Crippen LogP contribution in [0.3, 0.4) is 0 Å². The molecule has 0 atom stereocenters. The quantitative estimate of drug-likeness (QED) is 0.378. The highest BCUT2D eigenvalue weighted by molar-refractivity contribution is 4.92. The van der Waals surface area contributed by atoms with Gasteiger partial charge in [-0.2, -0.15) is 0 Å². The molecule has 2 rings (SSSR count). The highest BCUT2D eigenvalue weighted by atomic mass is 14.3. The number of unbranched alkanes of at least 4 members (excludes halogenated alkanes) is 3. The summed E-state index contributed by atoms with van der Waals surface area (Å²) in [5.41, 5.74) is 0. The van der Waals surface area contributed by atoms with Crippen LogP contribution in [0.15, 0.2) is 12.2 Å². The van der Waals surface area contributed by atoms with E-state index >= 15 is 0 Å². The first kappa shape index (κ1) is 15.1. The Kier molecular flexibility index (Phi) is 7.03. The molecule has 110 valence electrons. The molecule has 0 unspecified atom stereocenters. The lowest BCUT2D eigenvalue weighted by Gasteiger charge is -2.35. The highest BCUT2D eigenvalue weighted by Crippen LogP contribution is 2.40. The third-order valence-electron chi connectivity index (χ3n) is 5.52. The first-order chi connectivity index (χ1) is 9.40. The summed E-state index contributed by atoms with van der Waals surface area (Å²) in [7, 11) is 0. The van der Waals surface area contributed by atoms with Crippen molar-refractivity contribution in [2.45, 2.75) is 90.4 Å². The minimum atomic E-state index is 0.918. The van der Waals surface area contributed by atoms with E-state index in [9.17, 15) is 0 Å². The minimum absolute atomic E-state index is 0.918.